The quantitative estimate of drug-likeness (QED) is 0.800. The first-order valence-electron chi connectivity index (χ1n) is 5.73. The summed E-state index contributed by atoms with van der Waals surface area (Å²) in [7, 11) is 0. The molecule has 82 valence electrons. The van der Waals surface area contributed by atoms with Gasteiger partial charge in [-0.3, -0.25) is 4.68 Å². The highest BCUT2D eigenvalue weighted by molar-refractivity contribution is 5.23. The van der Waals surface area contributed by atoms with Crippen molar-refractivity contribution in [1.82, 2.24) is 9.78 Å². The summed E-state index contributed by atoms with van der Waals surface area (Å²) >= 11 is 0. The Hall–Kier alpha value is -1.03. The number of hydrogen-bond acceptors (Lipinski definition) is 3. The maximum Gasteiger partial charge on any atom is 0.145 e. The molecule has 1 saturated heterocycles. The summed E-state index contributed by atoms with van der Waals surface area (Å²) in [5, 5.41) is 4.18. The van der Waals surface area contributed by atoms with Crippen LogP contribution in [0.15, 0.2) is 12.3 Å². The van der Waals surface area contributed by atoms with Crippen LogP contribution >= 0.6 is 0 Å². The van der Waals surface area contributed by atoms with E-state index in [-0.39, 0.29) is 5.60 Å². The fourth-order valence-corrected chi connectivity index (χ4v) is 2.65. The minimum Gasteiger partial charge on any atom is -0.382 e. The van der Waals surface area contributed by atoms with Crippen LogP contribution < -0.4 is 5.73 Å². The first kappa shape index (κ1) is 9.21. The van der Waals surface area contributed by atoms with Crippen LogP contribution in [0.2, 0.25) is 0 Å². The lowest BCUT2D eigenvalue weighted by Crippen LogP contribution is -2.37. The second-order valence-corrected chi connectivity index (χ2v) is 4.78. The van der Waals surface area contributed by atoms with Crippen LogP contribution in [0, 0.1) is 0 Å². The Balaban J connectivity index is 1.61. The average Bonchev–Trinajstić information content (AvgIpc) is 2.72. The van der Waals surface area contributed by atoms with Gasteiger partial charge in [0.15, 0.2) is 0 Å². The van der Waals surface area contributed by atoms with Gasteiger partial charge in [0.05, 0.1) is 18.2 Å². The third-order valence-corrected chi connectivity index (χ3v) is 3.66. The lowest BCUT2D eigenvalue weighted by Gasteiger charge is -2.37. The van der Waals surface area contributed by atoms with Crippen molar-refractivity contribution >= 4 is 5.82 Å². The van der Waals surface area contributed by atoms with Gasteiger partial charge >= 0.3 is 0 Å². The summed E-state index contributed by atoms with van der Waals surface area (Å²) < 4.78 is 7.98. The molecule has 0 bridgehead atoms. The molecule has 3 rings (SSSR count). The van der Waals surface area contributed by atoms with Crippen molar-refractivity contribution in [1.29, 1.82) is 0 Å². The largest absolute Gasteiger partial charge is 0.382 e. The van der Waals surface area contributed by atoms with E-state index in [4.69, 9.17) is 10.5 Å². The molecule has 2 N–H and O–H groups in total. The Morgan fingerprint density at radius 1 is 1.53 bits per heavy atom. The lowest BCUT2D eigenvalue weighted by atomic mass is 9.78. The van der Waals surface area contributed by atoms with Crippen LogP contribution in [0.1, 0.15) is 32.1 Å². The average molecular weight is 207 g/mol. The van der Waals surface area contributed by atoms with Crippen molar-refractivity contribution in [3.05, 3.63) is 12.3 Å². The van der Waals surface area contributed by atoms with E-state index in [0.717, 1.165) is 6.54 Å². The monoisotopic (exact) mass is 207 g/mol. The van der Waals surface area contributed by atoms with E-state index >= 15 is 0 Å². The number of aromatic nitrogens is 2. The van der Waals surface area contributed by atoms with Gasteiger partial charge in [0.25, 0.3) is 0 Å². The fraction of sp³-hybridized carbons (Fsp3) is 0.727. The zero-order valence-electron chi connectivity index (χ0n) is 8.85. The highest BCUT2D eigenvalue weighted by Gasteiger charge is 2.44. The van der Waals surface area contributed by atoms with Crippen LogP contribution in [0.3, 0.4) is 0 Å². The van der Waals surface area contributed by atoms with E-state index in [1.165, 1.54) is 32.1 Å². The predicted octanol–water partition coefficient (Wildman–Crippen LogP) is 1.57. The molecule has 2 heterocycles. The Kier molecular flexibility index (Phi) is 1.99. The summed E-state index contributed by atoms with van der Waals surface area (Å²) in [6.45, 7) is 0.846. The van der Waals surface area contributed by atoms with Gasteiger partial charge in [0.2, 0.25) is 0 Å². The molecular weight excluding hydrogens is 190 g/mol. The van der Waals surface area contributed by atoms with Crippen molar-refractivity contribution in [2.24, 2.45) is 0 Å². The van der Waals surface area contributed by atoms with Crippen LogP contribution in [-0.2, 0) is 11.3 Å². The minimum absolute atomic E-state index is 0.253. The van der Waals surface area contributed by atoms with Gasteiger partial charge in [-0.1, -0.05) is 0 Å². The van der Waals surface area contributed by atoms with Gasteiger partial charge in [0, 0.05) is 6.20 Å². The maximum atomic E-state index is 6.10. The SMILES string of the molecule is Nc1ccn(CC2CCC3(CCC3)O2)n1. The van der Waals surface area contributed by atoms with Gasteiger partial charge in [-0.2, -0.15) is 5.10 Å². The van der Waals surface area contributed by atoms with Crippen molar-refractivity contribution in [2.75, 3.05) is 5.73 Å². The van der Waals surface area contributed by atoms with Crippen LogP contribution in [0.5, 0.6) is 0 Å². The summed E-state index contributed by atoms with van der Waals surface area (Å²) in [4.78, 5) is 0. The predicted molar refractivity (Wildman–Crippen MR) is 57.3 cm³/mol. The van der Waals surface area contributed by atoms with E-state index in [1.54, 1.807) is 0 Å². The molecule has 1 aliphatic carbocycles. The molecule has 1 aromatic heterocycles. The molecular formula is C11H17N3O. The van der Waals surface area contributed by atoms with Crippen molar-refractivity contribution < 1.29 is 4.74 Å². The Labute approximate surface area is 89.4 Å². The zero-order valence-corrected chi connectivity index (χ0v) is 8.85. The van der Waals surface area contributed by atoms with Crippen molar-refractivity contribution in [3.8, 4) is 0 Å². The van der Waals surface area contributed by atoms with Gasteiger partial charge in [0.1, 0.15) is 5.82 Å². The number of ether oxygens (including phenoxy) is 1. The molecule has 1 spiro atoms. The molecule has 1 unspecified atom stereocenters. The fourth-order valence-electron chi connectivity index (χ4n) is 2.65. The number of hydrogen-bond donors (Lipinski definition) is 1. The Morgan fingerprint density at radius 2 is 2.40 bits per heavy atom. The second-order valence-electron chi connectivity index (χ2n) is 4.78. The standard InChI is InChI=1S/C11H17N3O/c12-10-3-7-14(13-10)8-9-2-6-11(15-9)4-1-5-11/h3,7,9H,1-2,4-6,8H2,(H2,12,13). The molecule has 1 aromatic rings. The molecule has 0 amide bonds. The van der Waals surface area contributed by atoms with E-state index in [9.17, 15) is 0 Å². The summed E-state index contributed by atoms with van der Waals surface area (Å²) in [6.07, 6.45) is 8.50. The number of nitrogens with two attached hydrogens (primary N) is 1. The first-order chi connectivity index (χ1) is 7.26. The molecule has 2 aliphatic rings. The number of nitrogen functional groups attached to an aromatic ring is 1. The van der Waals surface area contributed by atoms with Gasteiger partial charge in [-0.25, -0.2) is 0 Å². The smallest absolute Gasteiger partial charge is 0.145 e. The van der Waals surface area contributed by atoms with Crippen LogP contribution in [0.25, 0.3) is 0 Å². The molecule has 4 heteroatoms. The Morgan fingerprint density at radius 3 is 2.93 bits per heavy atom. The van der Waals surface area contributed by atoms with E-state index in [0.29, 0.717) is 11.9 Å². The van der Waals surface area contributed by atoms with Crippen LogP contribution in [0.4, 0.5) is 5.82 Å². The molecule has 2 fully saturated rings. The topological polar surface area (TPSA) is 53.1 Å². The van der Waals surface area contributed by atoms with Crippen molar-refractivity contribution in [3.63, 3.8) is 0 Å². The lowest BCUT2D eigenvalue weighted by molar-refractivity contribution is -0.0952. The van der Waals surface area contributed by atoms with Crippen LogP contribution in [-0.4, -0.2) is 21.5 Å². The van der Waals surface area contributed by atoms with Crippen molar-refractivity contribution in [2.45, 2.75) is 50.4 Å². The molecule has 0 radical (unpaired) electrons. The molecule has 0 aromatic carbocycles. The van der Waals surface area contributed by atoms with E-state index in [1.807, 2.05) is 16.9 Å². The van der Waals surface area contributed by atoms with Gasteiger partial charge in [-0.05, 0) is 38.2 Å². The molecule has 1 saturated carbocycles. The summed E-state index contributed by atoms with van der Waals surface area (Å²) in [6, 6.07) is 1.83. The minimum atomic E-state index is 0.253. The van der Waals surface area contributed by atoms with Gasteiger partial charge in [-0.15, -0.1) is 0 Å². The normalized spacial score (nSPS) is 28.1. The number of nitrogens with zero attached hydrogens (tertiary/aromatic N) is 2. The number of anilines is 1. The maximum absolute atomic E-state index is 6.10. The summed E-state index contributed by atoms with van der Waals surface area (Å²) in [5.74, 6) is 0.589. The second kappa shape index (κ2) is 3.23. The van der Waals surface area contributed by atoms with Gasteiger partial charge < -0.3 is 10.5 Å². The molecule has 4 nitrogen and oxygen atoms in total. The molecule has 1 aliphatic heterocycles. The third-order valence-electron chi connectivity index (χ3n) is 3.66. The third kappa shape index (κ3) is 1.63. The molecule has 1 atom stereocenters. The van der Waals surface area contributed by atoms with E-state index in [2.05, 4.69) is 5.10 Å². The Bertz CT molecular complexity index is 356. The van der Waals surface area contributed by atoms with E-state index < -0.39 is 0 Å². The highest BCUT2D eigenvalue weighted by atomic mass is 16.5. The zero-order chi connectivity index (χ0) is 10.3. The highest BCUT2D eigenvalue weighted by Crippen LogP contribution is 2.45. The molecule has 15 heavy (non-hydrogen) atoms. The summed E-state index contributed by atoms with van der Waals surface area (Å²) in [5.41, 5.74) is 5.82. The first-order valence-corrected chi connectivity index (χ1v) is 5.73. The number of rotatable bonds is 2.